The number of amides is 1. The highest BCUT2D eigenvalue weighted by Gasteiger charge is 2.27. The van der Waals surface area contributed by atoms with Gasteiger partial charge in [0.05, 0.1) is 24.0 Å². The third-order valence-corrected chi connectivity index (χ3v) is 4.21. The normalized spacial score (nSPS) is 15.2. The Labute approximate surface area is 148 Å². The molecule has 0 saturated heterocycles. The van der Waals surface area contributed by atoms with E-state index in [0.717, 1.165) is 5.56 Å². The van der Waals surface area contributed by atoms with E-state index in [4.69, 9.17) is 9.47 Å². The highest BCUT2D eigenvalue weighted by atomic mass is 16.6. The van der Waals surface area contributed by atoms with Crippen LogP contribution >= 0.6 is 0 Å². The van der Waals surface area contributed by atoms with E-state index in [-0.39, 0.29) is 35.7 Å². The summed E-state index contributed by atoms with van der Waals surface area (Å²) in [6.45, 7) is 1.40. The molecule has 8 heteroatoms. The molecule has 0 radical (unpaired) electrons. The number of ketones is 1. The van der Waals surface area contributed by atoms with E-state index < -0.39 is 4.92 Å². The van der Waals surface area contributed by atoms with Gasteiger partial charge in [0.15, 0.2) is 18.1 Å². The third kappa shape index (κ3) is 3.21. The van der Waals surface area contributed by atoms with E-state index in [1.165, 1.54) is 25.3 Å². The second-order valence-electron chi connectivity index (χ2n) is 5.82. The molecule has 26 heavy (non-hydrogen) atoms. The number of carbonyl (C=O) groups is 2. The molecule has 8 nitrogen and oxygen atoms in total. The zero-order valence-corrected chi connectivity index (χ0v) is 14.1. The molecular formula is C18H16N2O6. The standard InChI is InChI=1S/C18H16N2O6/c1-10-13-7-11(3-5-14(13)19-18(10)22)16(21)9-26-17-6-4-12(25-2)8-15(17)20(23)24/h3-8,10H,9H2,1-2H3,(H,19,22)/t10-/m1/s1. The maximum Gasteiger partial charge on any atom is 0.314 e. The minimum Gasteiger partial charge on any atom is -0.496 e. The Morgan fingerprint density at radius 3 is 2.73 bits per heavy atom. The van der Waals surface area contributed by atoms with E-state index in [2.05, 4.69) is 5.32 Å². The molecular weight excluding hydrogens is 340 g/mol. The average molecular weight is 356 g/mol. The summed E-state index contributed by atoms with van der Waals surface area (Å²) in [4.78, 5) is 34.6. The van der Waals surface area contributed by atoms with Crippen molar-refractivity contribution < 1.29 is 24.0 Å². The summed E-state index contributed by atoms with van der Waals surface area (Å²) in [5, 5.41) is 13.9. The number of carbonyl (C=O) groups excluding carboxylic acids is 2. The second kappa shape index (κ2) is 6.83. The van der Waals surface area contributed by atoms with Crippen LogP contribution in [0.25, 0.3) is 0 Å². The van der Waals surface area contributed by atoms with Gasteiger partial charge >= 0.3 is 5.69 Å². The van der Waals surface area contributed by atoms with Gasteiger partial charge in [-0.25, -0.2) is 0 Å². The smallest absolute Gasteiger partial charge is 0.314 e. The molecule has 1 heterocycles. The number of benzene rings is 2. The highest BCUT2D eigenvalue weighted by molar-refractivity contribution is 6.05. The van der Waals surface area contributed by atoms with Gasteiger partial charge in [0, 0.05) is 11.3 Å². The van der Waals surface area contributed by atoms with Crippen molar-refractivity contribution in [3.8, 4) is 11.5 Å². The predicted molar refractivity (Wildman–Crippen MR) is 93.0 cm³/mol. The Balaban J connectivity index is 1.76. The zero-order chi connectivity index (χ0) is 18.8. The molecule has 0 bridgehead atoms. The largest absolute Gasteiger partial charge is 0.496 e. The fraction of sp³-hybridized carbons (Fsp3) is 0.222. The molecule has 1 N–H and O–H groups in total. The molecule has 2 aromatic carbocycles. The minimum absolute atomic E-state index is 0.0180. The molecule has 0 aromatic heterocycles. The van der Waals surface area contributed by atoms with E-state index >= 15 is 0 Å². The number of Topliss-reactive ketones (excluding diaryl/α,β-unsaturated/α-hetero) is 1. The van der Waals surface area contributed by atoms with Gasteiger partial charge in [-0.3, -0.25) is 19.7 Å². The Kier molecular flexibility index (Phi) is 4.57. The lowest BCUT2D eigenvalue weighted by Gasteiger charge is -2.09. The summed E-state index contributed by atoms with van der Waals surface area (Å²) in [6, 6.07) is 9.03. The second-order valence-corrected chi connectivity index (χ2v) is 5.82. The van der Waals surface area contributed by atoms with Crippen LogP contribution in [0.2, 0.25) is 0 Å². The van der Waals surface area contributed by atoms with Gasteiger partial charge in [0.2, 0.25) is 5.91 Å². The summed E-state index contributed by atoms with van der Waals surface area (Å²) < 4.78 is 10.3. The molecule has 0 unspecified atom stereocenters. The molecule has 1 amide bonds. The van der Waals surface area contributed by atoms with Crippen LogP contribution in [0.15, 0.2) is 36.4 Å². The van der Waals surface area contributed by atoms with E-state index in [1.807, 2.05) is 0 Å². The van der Waals surface area contributed by atoms with Crippen molar-refractivity contribution in [2.24, 2.45) is 0 Å². The van der Waals surface area contributed by atoms with E-state index in [9.17, 15) is 19.7 Å². The van der Waals surface area contributed by atoms with Gasteiger partial charge in [0.25, 0.3) is 0 Å². The number of nitro benzene ring substituents is 1. The van der Waals surface area contributed by atoms with Crippen molar-refractivity contribution in [1.82, 2.24) is 0 Å². The first kappa shape index (κ1) is 17.4. The summed E-state index contributed by atoms with van der Waals surface area (Å²) >= 11 is 0. The fourth-order valence-corrected chi connectivity index (χ4v) is 2.71. The van der Waals surface area contributed by atoms with Crippen LogP contribution in [0.4, 0.5) is 11.4 Å². The first-order valence-electron chi connectivity index (χ1n) is 7.84. The lowest BCUT2D eigenvalue weighted by molar-refractivity contribution is -0.385. The number of ether oxygens (including phenoxy) is 2. The van der Waals surface area contributed by atoms with Crippen LogP contribution in [0.3, 0.4) is 0 Å². The first-order chi connectivity index (χ1) is 12.4. The van der Waals surface area contributed by atoms with Crippen LogP contribution in [0.5, 0.6) is 11.5 Å². The molecule has 1 atom stereocenters. The number of anilines is 1. The number of rotatable bonds is 6. The van der Waals surface area contributed by atoms with Gasteiger partial charge < -0.3 is 14.8 Å². The molecule has 1 aliphatic heterocycles. The first-order valence-corrected chi connectivity index (χ1v) is 7.84. The van der Waals surface area contributed by atoms with Crippen molar-refractivity contribution in [2.45, 2.75) is 12.8 Å². The monoisotopic (exact) mass is 356 g/mol. The molecule has 1 aliphatic rings. The van der Waals surface area contributed by atoms with Crippen LogP contribution in [0.1, 0.15) is 28.8 Å². The fourth-order valence-electron chi connectivity index (χ4n) is 2.71. The van der Waals surface area contributed by atoms with Gasteiger partial charge in [-0.2, -0.15) is 0 Å². The number of methoxy groups -OCH3 is 1. The number of nitrogens with one attached hydrogen (secondary N) is 1. The topological polar surface area (TPSA) is 108 Å². The van der Waals surface area contributed by atoms with Gasteiger partial charge in [-0.1, -0.05) is 0 Å². The summed E-state index contributed by atoms with van der Waals surface area (Å²) in [5.41, 5.74) is 1.53. The quantitative estimate of drug-likeness (QED) is 0.484. The molecule has 0 aliphatic carbocycles. The van der Waals surface area contributed by atoms with Gasteiger partial charge in [0.1, 0.15) is 5.75 Å². The molecule has 0 fully saturated rings. The Hall–Kier alpha value is -3.42. The SMILES string of the molecule is COc1ccc(OCC(=O)c2ccc3c(c2)[C@@H](C)C(=O)N3)c([N+](=O)[O-])c1. The predicted octanol–water partition coefficient (Wildman–Crippen LogP) is 2.92. The van der Waals surface area contributed by atoms with Crippen LogP contribution < -0.4 is 14.8 Å². The third-order valence-electron chi connectivity index (χ3n) is 4.21. The number of hydrogen-bond donors (Lipinski definition) is 1. The average Bonchev–Trinajstić information content (AvgIpc) is 2.93. The Morgan fingerprint density at radius 2 is 2.04 bits per heavy atom. The van der Waals surface area contributed by atoms with Gasteiger partial charge in [-0.05, 0) is 42.8 Å². The van der Waals surface area contributed by atoms with Crippen LogP contribution in [0, 0.1) is 10.1 Å². The lowest BCUT2D eigenvalue weighted by atomic mass is 9.99. The summed E-state index contributed by atoms with van der Waals surface area (Å²) in [7, 11) is 1.40. The van der Waals surface area contributed by atoms with Crippen LogP contribution in [-0.2, 0) is 4.79 Å². The van der Waals surface area contributed by atoms with Crippen LogP contribution in [-0.4, -0.2) is 30.3 Å². The van der Waals surface area contributed by atoms with Crippen molar-refractivity contribution >= 4 is 23.1 Å². The molecule has 0 spiro atoms. The van der Waals surface area contributed by atoms with E-state index in [0.29, 0.717) is 17.0 Å². The van der Waals surface area contributed by atoms with Crippen molar-refractivity contribution in [1.29, 1.82) is 0 Å². The number of hydrogen-bond acceptors (Lipinski definition) is 6. The number of fused-ring (bicyclic) bond motifs is 1. The molecule has 134 valence electrons. The maximum atomic E-state index is 12.4. The molecule has 2 aromatic rings. The molecule has 0 saturated carbocycles. The van der Waals surface area contributed by atoms with Crippen molar-refractivity contribution in [3.63, 3.8) is 0 Å². The minimum atomic E-state index is -0.601. The summed E-state index contributed by atoms with van der Waals surface area (Å²) in [6.07, 6.45) is 0. The maximum absolute atomic E-state index is 12.4. The van der Waals surface area contributed by atoms with Gasteiger partial charge in [-0.15, -0.1) is 0 Å². The van der Waals surface area contributed by atoms with Crippen molar-refractivity contribution in [3.05, 3.63) is 57.6 Å². The number of nitrogens with zero attached hydrogens (tertiary/aromatic N) is 1. The highest BCUT2D eigenvalue weighted by Crippen LogP contribution is 2.33. The van der Waals surface area contributed by atoms with Crippen molar-refractivity contribution in [2.75, 3.05) is 19.0 Å². The Morgan fingerprint density at radius 1 is 1.27 bits per heavy atom. The number of nitro groups is 1. The summed E-state index contributed by atoms with van der Waals surface area (Å²) in [5.74, 6) is -0.490. The molecule has 3 rings (SSSR count). The lowest BCUT2D eigenvalue weighted by Crippen LogP contribution is -2.12. The Bertz CT molecular complexity index is 909. The zero-order valence-electron chi connectivity index (χ0n) is 14.1. The van der Waals surface area contributed by atoms with E-state index in [1.54, 1.807) is 25.1 Å².